The van der Waals surface area contributed by atoms with Gasteiger partial charge in [0.25, 0.3) is 0 Å². The number of halogens is 2. The first-order valence-corrected chi connectivity index (χ1v) is 7.92. The predicted molar refractivity (Wildman–Crippen MR) is 97.9 cm³/mol. The topological polar surface area (TPSA) is 59.6 Å². The van der Waals surface area contributed by atoms with Gasteiger partial charge in [0.15, 0.2) is 0 Å². The summed E-state index contributed by atoms with van der Waals surface area (Å²) in [5, 5.41) is 6.87. The Morgan fingerprint density at radius 3 is 2.42 bits per heavy atom. The van der Waals surface area contributed by atoms with Crippen LogP contribution in [0.2, 0.25) is 10.0 Å². The fraction of sp³-hybridized carbons (Fsp3) is 0.235. The molecule has 2 aromatic rings. The van der Waals surface area contributed by atoms with Crippen molar-refractivity contribution in [3.05, 3.63) is 45.9 Å². The van der Waals surface area contributed by atoms with Gasteiger partial charge in [-0.1, -0.05) is 29.3 Å². The van der Waals surface area contributed by atoms with Gasteiger partial charge in [-0.3, -0.25) is 4.79 Å². The van der Waals surface area contributed by atoms with Gasteiger partial charge in [-0.25, -0.2) is 0 Å². The third kappa shape index (κ3) is 4.24. The summed E-state index contributed by atoms with van der Waals surface area (Å²) < 4.78 is 10.4. The molecule has 2 aromatic carbocycles. The highest BCUT2D eigenvalue weighted by Crippen LogP contribution is 2.35. The molecule has 0 saturated heterocycles. The number of nitrogens with one attached hydrogen (secondary N) is 2. The third-order valence-electron chi connectivity index (χ3n) is 3.46. The summed E-state index contributed by atoms with van der Waals surface area (Å²) in [5.41, 5.74) is 2.17. The van der Waals surface area contributed by atoms with Crippen LogP contribution < -0.4 is 20.1 Å². The van der Waals surface area contributed by atoms with E-state index in [0.29, 0.717) is 27.2 Å². The zero-order valence-electron chi connectivity index (χ0n) is 13.6. The van der Waals surface area contributed by atoms with Crippen molar-refractivity contribution in [2.45, 2.75) is 6.92 Å². The number of rotatable bonds is 6. The summed E-state index contributed by atoms with van der Waals surface area (Å²) in [7, 11) is 3.00. The van der Waals surface area contributed by atoms with Gasteiger partial charge in [0.05, 0.1) is 31.5 Å². The van der Waals surface area contributed by atoms with Crippen molar-refractivity contribution in [2.24, 2.45) is 0 Å². The van der Waals surface area contributed by atoms with Gasteiger partial charge in [-0.05, 0) is 24.6 Å². The Balaban J connectivity index is 2.08. The molecule has 0 unspecified atom stereocenters. The second kappa shape index (κ2) is 8.13. The molecule has 7 heteroatoms. The molecule has 0 fully saturated rings. The van der Waals surface area contributed by atoms with Crippen molar-refractivity contribution in [2.75, 3.05) is 31.4 Å². The molecular formula is C17H18Cl2N2O3. The minimum atomic E-state index is -0.239. The number of hydrogen-bond acceptors (Lipinski definition) is 4. The van der Waals surface area contributed by atoms with Crippen molar-refractivity contribution in [3.63, 3.8) is 0 Å². The van der Waals surface area contributed by atoms with Gasteiger partial charge in [-0.2, -0.15) is 0 Å². The van der Waals surface area contributed by atoms with Gasteiger partial charge in [0.2, 0.25) is 5.91 Å². The summed E-state index contributed by atoms with van der Waals surface area (Å²) in [4.78, 5) is 12.2. The lowest BCUT2D eigenvalue weighted by molar-refractivity contribution is -0.114. The Kier molecular flexibility index (Phi) is 6.17. The van der Waals surface area contributed by atoms with E-state index in [0.717, 1.165) is 11.3 Å². The van der Waals surface area contributed by atoms with Crippen molar-refractivity contribution in [3.8, 4) is 11.5 Å². The molecule has 2 N–H and O–H groups in total. The molecule has 0 spiro atoms. The smallest absolute Gasteiger partial charge is 0.243 e. The molecule has 0 saturated carbocycles. The van der Waals surface area contributed by atoms with E-state index in [4.69, 9.17) is 32.7 Å². The Morgan fingerprint density at radius 1 is 1.04 bits per heavy atom. The highest BCUT2D eigenvalue weighted by atomic mass is 35.5. The molecule has 0 bridgehead atoms. The van der Waals surface area contributed by atoms with Crippen molar-refractivity contribution in [1.29, 1.82) is 0 Å². The van der Waals surface area contributed by atoms with Crippen LogP contribution in [0.4, 0.5) is 11.4 Å². The normalized spacial score (nSPS) is 10.2. The van der Waals surface area contributed by atoms with Crippen LogP contribution >= 0.6 is 23.2 Å². The molecule has 24 heavy (non-hydrogen) atoms. The molecule has 0 heterocycles. The van der Waals surface area contributed by atoms with Gasteiger partial charge in [-0.15, -0.1) is 0 Å². The Bertz CT molecular complexity index is 751. The van der Waals surface area contributed by atoms with E-state index in [9.17, 15) is 4.79 Å². The number of benzene rings is 2. The van der Waals surface area contributed by atoms with Crippen LogP contribution in [0.5, 0.6) is 11.5 Å². The Labute approximate surface area is 150 Å². The largest absolute Gasteiger partial charge is 0.495 e. The fourth-order valence-electron chi connectivity index (χ4n) is 2.13. The molecule has 0 aliphatic heterocycles. The highest BCUT2D eigenvalue weighted by molar-refractivity contribution is 6.32. The number of carbonyl (C=O) groups is 1. The maximum Gasteiger partial charge on any atom is 0.243 e. The van der Waals surface area contributed by atoms with Crippen LogP contribution in [-0.4, -0.2) is 26.7 Å². The Hall–Kier alpha value is -2.11. The molecule has 128 valence electrons. The summed E-state index contributed by atoms with van der Waals surface area (Å²) >= 11 is 12.1. The molecule has 2 rings (SSSR count). The van der Waals surface area contributed by atoms with Crippen LogP contribution in [0.3, 0.4) is 0 Å². The summed E-state index contributed by atoms with van der Waals surface area (Å²) in [6.45, 7) is 1.96. The molecule has 0 radical (unpaired) electrons. The number of amides is 1. The maximum atomic E-state index is 12.2. The van der Waals surface area contributed by atoms with Gasteiger partial charge in [0, 0.05) is 22.8 Å². The minimum absolute atomic E-state index is 0.0786. The van der Waals surface area contributed by atoms with Crippen LogP contribution in [0.25, 0.3) is 0 Å². The van der Waals surface area contributed by atoms with Crippen molar-refractivity contribution >= 4 is 40.5 Å². The average molecular weight is 369 g/mol. The second-order valence-corrected chi connectivity index (χ2v) is 5.82. The fourth-order valence-corrected chi connectivity index (χ4v) is 2.53. The number of ether oxygens (including phenoxy) is 2. The molecular weight excluding hydrogens is 351 g/mol. The SMILES string of the molecule is COc1cc(NC(=O)CNc2cccc(Cl)c2C)c(OC)cc1Cl. The summed E-state index contributed by atoms with van der Waals surface area (Å²) in [6, 6.07) is 8.68. The number of methoxy groups -OCH3 is 2. The quantitative estimate of drug-likeness (QED) is 0.794. The molecule has 1 amide bonds. The average Bonchev–Trinajstić information content (AvgIpc) is 2.57. The van der Waals surface area contributed by atoms with E-state index in [2.05, 4.69) is 10.6 Å². The zero-order chi connectivity index (χ0) is 17.7. The molecule has 0 aliphatic rings. The van der Waals surface area contributed by atoms with Gasteiger partial charge in [0.1, 0.15) is 11.5 Å². The number of anilines is 2. The lowest BCUT2D eigenvalue weighted by Crippen LogP contribution is -2.22. The Morgan fingerprint density at radius 2 is 1.75 bits per heavy atom. The van der Waals surface area contributed by atoms with E-state index in [1.54, 1.807) is 18.2 Å². The first kappa shape index (κ1) is 18.2. The van der Waals surface area contributed by atoms with E-state index in [1.165, 1.54) is 14.2 Å². The summed E-state index contributed by atoms with van der Waals surface area (Å²) in [5.74, 6) is 0.663. The van der Waals surface area contributed by atoms with Crippen LogP contribution in [-0.2, 0) is 4.79 Å². The minimum Gasteiger partial charge on any atom is -0.495 e. The monoisotopic (exact) mass is 368 g/mol. The second-order valence-electron chi connectivity index (χ2n) is 5.00. The van der Waals surface area contributed by atoms with Crippen molar-refractivity contribution < 1.29 is 14.3 Å². The molecule has 5 nitrogen and oxygen atoms in total. The molecule has 0 aliphatic carbocycles. The summed E-state index contributed by atoms with van der Waals surface area (Å²) in [6.07, 6.45) is 0. The predicted octanol–water partition coefficient (Wildman–Crippen LogP) is 4.37. The van der Waals surface area contributed by atoms with E-state index in [-0.39, 0.29) is 12.5 Å². The van der Waals surface area contributed by atoms with Crippen LogP contribution in [0, 0.1) is 6.92 Å². The van der Waals surface area contributed by atoms with E-state index < -0.39 is 0 Å². The number of hydrogen-bond donors (Lipinski definition) is 2. The molecule has 0 atom stereocenters. The maximum absolute atomic E-state index is 12.2. The third-order valence-corrected chi connectivity index (χ3v) is 4.16. The molecule has 0 aromatic heterocycles. The zero-order valence-corrected chi connectivity index (χ0v) is 15.1. The van der Waals surface area contributed by atoms with Crippen LogP contribution in [0.15, 0.2) is 30.3 Å². The first-order valence-electron chi connectivity index (χ1n) is 7.16. The van der Waals surface area contributed by atoms with Gasteiger partial charge >= 0.3 is 0 Å². The first-order chi connectivity index (χ1) is 11.5. The standard InChI is InChI=1S/C17H18Cl2N2O3/c1-10-11(18)5-4-6-13(10)20-9-17(22)21-14-8-15(23-2)12(19)7-16(14)24-3/h4-8,20H,9H2,1-3H3,(H,21,22). The van der Waals surface area contributed by atoms with Gasteiger partial charge < -0.3 is 20.1 Å². The van der Waals surface area contributed by atoms with E-state index >= 15 is 0 Å². The number of carbonyl (C=O) groups excluding carboxylic acids is 1. The highest BCUT2D eigenvalue weighted by Gasteiger charge is 2.13. The van der Waals surface area contributed by atoms with E-state index in [1.807, 2.05) is 19.1 Å². The van der Waals surface area contributed by atoms with Crippen LogP contribution in [0.1, 0.15) is 5.56 Å². The van der Waals surface area contributed by atoms with Crippen molar-refractivity contribution in [1.82, 2.24) is 0 Å². The lowest BCUT2D eigenvalue weighted by atomic mass is 10.2. The lowest BCUT2D eigenvalue weighted by Gasteiger charge is -2.14.